The van der Waals surface area contributed by atoms with Gasteiger partial charge in [-0.15, -0.1) is 10.2 Å². The second-order valence-electron chi connectivity index (χ2n) is 8.20. The Morgan fingerprint density at radius 3 is 2.53 bits per heavy atom. The monoisotopic (exact) mass is 529 g/mol. The summed E-state index contributed by atoms with van der Waals surface area (Å²) in [6.07, 6.45) is 1.50. The van der Waals surface area contributed by atoms with Crippen LogP contribution in [0.1, 0.15) is 39.0 Å². The maximum atomic E-state index is 12.3. The molecule has 9 nitrogen and oxygen atoms in total. The van der Waals surface area contributed by atoms with Crippen LogP contribution in [-0.4, -0.2) is 34.8 Å². The summed E-state index contributed by atoms with van der Waals surface area (Å²) in [6, 6.07) is 22.5. The summed E-state index contributed by atoms with van der Waals surface area (Å²) in [5.41, 5.74) is 5.85. The fourth-order valence-corrected chi connectivity index (χ4v) is 4.07. The summed E-state index contributed by atoms with van der Waals surface area (Å²) in [7, 11) is 0. The van der Waals surface area contributed by atoms with Gasteiger partial charge in [0, 0.05) is 5.56 Å². The molecule has 0 aliphatic rings. The van der Waals surface area contributed by atoms with Crippen molar-refractivity contribution in [2.45, 2.75) is 26.9 Å². The maximum absolute atomic E-state index is 12.3. The number of ether oxygens (including phenoxy) is 2. The standard InChI is InChI=1S/C28H27N5O4S/c1-3-36-24-15-21(11-14-23(24)37-18-20-7-5-4-6-8-20)17-29-31-25(34)16-26-32-33-28(38-26)30-27(35)22-12-9-19(2)10-13-22/h4-15,17H,3,16,18H2,1-2H3,(H,31,34)(H,30,33,35)/b29-17-. The van der Waals surface area contributed by atoms with E-state index in [-0.39, 0.29) is 18.2 Å². The van der Waals surface area contributed by atoms with E-state index in [0.717, 1.165) is 28.0 Å². The zero-order chi connectivity index (χ0) is 26.7. The SMILES string of the molecule is CCOc1cc(/C=N\NC(=O)Cc2nnc(NC(=O)c3ccc(C)cc3)s2)ccc1OCc1ccccc1. The lowest BCUT2D eigenvalue weighted by molar-refractivity contribution is -0.120. The molecule has 194 valence electrons. The number of hydrogen-bond acceptors (Lipinski definition) is 8. The molecule has 0 aliphatic heterocycles. The van der Waals surface area contributed by atoms with Gasteiger partial charge in [0.25, 0.3) is 5.91 Å². The van der Waals surface area contributed by atoms with Crippen LogP contribution in [0.2, 0.25) is 0 Å². The van der Waals surface area contributed by atoms with Crippen molar-refractivity contribution in [3.05, 3.63) is 100 Å². The molecule has 0 atom stereocenters. The summed E-state index contributed by atoms with van der Waals surface area (Å²) in [5.74, 6) is 0.567. The Hall–Kier alpha value is -4.57. The number of carbonyl (C=O) groups excluding carboxylic acids is 2. The van der Waals surface area contributed by atoms with Gasteiger partial charge in [0.2, 0.25) is 11.0 Å². The number of carbonyl (C=O) groups is 2. The van der Waals surface area contributed by atoms with Crippen LogP contribution >= 0.6 is 11.3 Å². The summed E-state index contributed by atoms with van der Waals surface area (Å²) < 4.78 is 11.6. The average molecular weight is 530 g/mol. The number of aromatic nitrogens is 2. The molecule has 1 heterocycles. The zero-order valence-corrected chi connectivity index (χ0v) is 21.8. The van der Waals surface area contributed by atoms with Gasteiger partial charge in [-0.1, -0.05) is 59.4 Å². The first-order chi connectivity index (χ1) is 18.5. The predicted molar refractivity (Wildman–Crippen MR) is 147 cm³/mol. The smallest absolute Gasteiger partial charge is 0.257 e. The minimum Gasteiger partial charge on any atom is -0.490 e. The van der Waals surface area contributed by atoms with Crippen LogP contribution in [0.25, 0.3) is 0 Å². The molecule has 0 saturated carbocycles. The number of amides is 2. The quantitative estimate of drug-likeness (QED) is 0.214. The highest BCUT2D eigenvalue weighted by molar-refractivity contribution is 7.15. The van der Waals surface area contributed by atoms with Gasteiger partial charge in [0.1, 0.15) is 11.6 Å². The maximum Gasteiger partial charge on any atom is 0.257 e. The number of hydrazone groups is 1. The Kier molecular flexibility index (Phi) is 9.14. The molecule has 0 fully saturated rings. The van der Waals surface area contributed by atoms with E-state index in [0.29, 0.717) is 40.4 Å². The third kappa shape index (κ3) is 7.71. The first kappa shape index (κ1) is 26.5. The zero-order valence-electron chi connectivity index (χ0n) is 21.0. The molecule has 2 amide bonds. The van der Waals surface area contributed by atoms with E-state index in [9.17, 15) is 9.59 Å². The lowest BCUT2D eigenvalue weighted by atomic mass is 10.1. The normalized spacial score (nSPS) is 10.8. The summed E-state index contributed by atoms with van der Waals surface area (Å²) in [5, 5.41) is 15.4. The molecule has 3 aromatic carbocycles. The van der Waals surface area contributed by atoms with Crippen LogP contribution in [-0.2, 0) is 17.8 Å². The number of anilines is 1. The molecule has 2 N–H and O–H groups in total. The van der Waals surface area contributed by atoms with Gasteiger partial charge in [-0.25, -0.2) is 5.43 Å². The molecule has 0 unspecified atom stereocenters. The number of hydrogen-bond donors (Lipinski definition) is 2. The molecule has 0 spiro atoms. The van der Waals surface area contributed by atoms with Crippen LogP contribution in [0.15, 0.2) is 77.9 Å². The predicted octanol–water partition coefficient (Wildman–Crippen LogP) is 4.77. The molecule has 4 rings (SSSR count). The second kappa shape index (κ2) is 13.1. The van der Waals surface area contributed by atoms with Gasteiger partial charge < -0.3 is 9.47 Å². The summed E-state index contributed by atoms with van der Waals surface area (Å²) in [6.45, 7) is 4.75. The van der Waals surface area contributed by atoms with Crippen molar-refractivity contribution in [3.63, 3.8) is 0 Å². The minimum absolute atomic E-state index is 0.0220. The van der Waals surface area contributed by atoms with Gasteiger partial charge in [-0.05, 0) is 55.3 Å². The molecule has 38 heavy (non-hydrogen) atoms. The Morgan fingerprint density at radius 1 is 0.974 bits per heavy atom. The molecule has 10 heteroatoms. The molecular formula is C28H27N5O4S. The summed E-state index contributed by atoms with van der Waals surface area (Å²) >= 11 is 1.13. The van der Waals surface area contributed by atoms with Crippen LogP contribution in [0.3, 0.4) is 0 Å². The fraction of sp³-hybridized carbons (Fsp3) is 0.179. The molecule has 0 saturated heterocycles. The van der Waals surface area contributed by atoms with Crippen molar-refractivity contribution < 1.29 is 19.1 Å². The number of aryl methyl sites for hydroxylation is 1. The van der Waals surface area contributed by atoms with Crippen LogP contribution in [0, 0.1) is 6.92 Å². The van der Waals surface area contributed by atoms with Crippen molar-refractivity contribution in [3.8, 4) is 11.5 Å². The Balaban J connectivity index is 1.29. The van der Waals surface area contributed by atoms with Crippen molar-refractivity contribution in [1.29, 1.82) is 0 Å². The second-order valence-corrected chi connectivity index (χ2v) is 9.27. The van der Waals surface area contributed by atoms with E-state index in [1.807, 2.05) is 68.4 Å². The first-order valence-corrected chi connectivity index (χ1v) is 12.8. The fourth-order valence-electron chi connectivity index (χ4n) is 3.33. The molecule has 0 radical (unpaired) electrons. The highest BCUT2D eigenvalue weighted by Crippen LogP contribution is 2.29. The molecule has 1 aromatic heterocycles. The Morgan fingerprint density at radius 2 is 1.76 bits per heavy atom. The van der Waals surface area contributed by atoms with Gasteiger partial charge in [0.15, 0.2) is 11.5 Å². The highest BCUT2D eigenvalue weighted by atomic mass is 32.1. The topological polar surface area (TPSA) is 115 Å². The van der Waals surface area contributed by atoms with Gasteiger partial charge in [-0.2, -0.15) is 5.10 Å². The minimum atomic E-state index is -0.360. The van der Waals surface area contributed by atoms with E-state index >= 15 is 0 Å². The van der Waals surface area contributed by atoms with Gasteiger partial charge in [-0.3, -0.25) is 14.9 Å². The molecular weight excluding hydrogens is 502 g/mol. The van der Waals surface area contributed by atoms with E-state index in [4.69, 9.17) is 9.47 Å². The van der Waals surface area contributed by atoms with Gasteiger partial charge >= 0.3 is 0 Å². The van der Waals surface area contributed by atoms with Crippen molar-refractivity contribution in [2.24, 2.45) is 5.10 Å². The Bertz CT molecular complexity index is 1400. The lowest BCUT2D eigenvalue weighted by Crippen LogP contribution is -2.19. The van der Waals surface area contributed by atoms with E-state index in [1.165, 1.54) is 6.21 Å². The van der Waals surface area contributed by atoms with Crippen molar-refractivity contribution >= 4 is 34.5 Å². The third-order valence-electron chi connectivity index (χ3n) is 5.22. The van der Waals surface area contributed by atoms with Crippen LogP contribution in [0.5, 0.6) is 11.5 Å². The van der Waals surface area contributed by atoms with E-state index in [2.05, 4.69) is 26.0 Å². The van der Waals surface area contributed by atoms with E-state index in [1.54, 1.807) is 18.2 Å². The summed E-state index contributed by atoms with van der Waals surface area (Å²) in [4.78, 5) is 24.6. The number of rotatable bonds is 11. The molecule has 4 aromatic rings. The van der Waals surface area contributed by atoms with Crippen LogP contribution in [0.4, 0.5) is 5.13 Å². The van der Waals surface area contributed by atoms with E-state index < -0.39 is 0 Å². The van der Waals surface area contributed by atoms with Crippen molar-refractivity contribution in [2.75, 3.05) is 11.9 Å². The van der Waals surface area contributed by atoms with Crippen molar-refractivity contribution in [1.82, 2.24) is 15.6 Å². The number of nitrogens with one attached hydrogen (secondary N) is 2. The largest absolute Gasteiger partial charge is 0.490 e. The molecule has 0 aliphatic carbocycles. The molecule has 0 bridgehead atoms. The lowest BCUT2D eigenvalue weighted by Gasteiger charge is -2.12. The number of nitrogens with zero attached hydrogens (tertiary/aromatic N) is 3. The first-order valence-electron chi connectivity index (χ1n) is 12.0. The van der Waals surface area contributed by atoms with Gasteiger partial charge in [0.05, 0.1) is 19.2 Å². The average Bonchev–Trinajstić information content (AvgIpc) is 3.35. The number of benzene rings is 3. The van der Waals surface area contributed by atoms with Crippen LogP contribution < -0.4 is 20.2 Å². The third-order valence-corrected chi connectivity index (χ3v) is 6.06. The Labute approximate surface area is 224 Å². The highest BCUT2D eigenvalue weighted by Gasteiger charge is 2.13.